The highest BCUT2D eigenvalue weighted by molar-refractivity contribution is 8.01. The summed E-state index contributed by atoms with van der Waals surface area (Å²) in [4.78, 5) is 0. The summed E-state index contributed by atoms with van der Waals surface area (Å²) < 4.78 is 5.21. The van der Waals surface area contributed by atoms with Gasteiger partial charge < -0.3 is 25.2 Å². The second-order valence-electron chi connectivity index (χ2n) is 4.93. The first kappa shape index (κ1) is 14.2. The van der Waals surface area contributed by atoms with Gasteiger partial charge in [0.15, 0.2) is 0 Å². The summed E-state index contributed by atoms with van der Waals surface area (Å²) in [5, 5.41) is 37.9. The van der Waals surface area contributed by atoms with Gasteiger partial charge in [-0.05, 0) is 0 Å². The Kier molecular flexibility index (Phi) is 4.62. The molecule has 0 aromatic rings. The molecule has 0 amide bonds. The average Bonchev–Trinajstić information content (AvgIpc) is 2.17. The van der Waals surface area contributed by atoms with E-state index in [9.17, 15) is 15.3 Å². The molecule has 1 fully saturated rings. The Morgan fingerprint density at radius 3 is 2.06 bits per heavy atom. The van der Waals surface area contributed by atoms with Crippen LogP contribution in [-0.4, -0.2) is 61.6 Å². The van der Waals surface area contributed by atoms with Gasteiger partial charge in [0.05, 0.1) is 6.61 Å². The number of hydrogen-bond donors (Lipinski definition) is 4. The molecule has 1 aliphatic heterocycles. The lowest BCUT2D eigenvalue weighted by Gasteiger charge is -2.41. The Balaban J connectivity index is 2.71. The smallest absolute Gasteiger partial charge is 0.132 e. The van der Waals surface area contributed by atoms with Gasteiger partial charge in [-0.15, -0.1) is 11.8 Å². The summed E-state index contributed by atoms with van der Waals surface area (Å²) in [5.41, 5.74) is -0.643. The third-order valence-electron chi connectivity index (χ3n) is 2.32. The van der Waals surface area contributed by atoms with Crippen LogP contribution in [0, 0.1) is 0 Å². The van der Waals surface area contributed by atoms with Crippen LogP contribution < -0.4 is 0 Å². The average molecular weight is 252 g/mol. The fourth-order valence-electron chi connectivity index (χ4n) is 1.51. The van der Waals surface area contributed by atoms with Crippen LogP contribution >= 0.6 is 11.8 Å². The fourth-order valence-corrected chi connectivity index (χ4v) is 2.71. The topological polar surface area (TPSA) is 90.2 Å². The number of hydrogen-bond acceptors (Lipinski definition) is 6. The Morgan fingerprint density at radius 1 is 1.06 bits per heavy atom. The molecule has 5 nitrogen and oxygen atoms in total. The van der Waals surface area contributed by atoms with Gasteiger partial charge >= 0.3 is 0 Å². The highest BCUT2D eigenvalue weighted by Gasteiger charge is 2.44. The van der Waals surface area contributed by atoms with Crippen molar-refractivity contribution in [2.24, 2.45) is 0 Å². The number of ether oxygens (including phenoxy) is 1. The van der Waals surface area contributed by atoms with Gasteiger partial charge in [0.2, 0.25) is 0 Å². The first-order valence-corrected chi connectivity index (χ1v) is 6.12. The Labute approximate surface area is 99.4 Å². The molecule has 96 valence electrons. The molecular weight excluding hydrogens is 232 g/mol. The quantitative estimate of drug-likeness (QED) is 0.520. The molecule has 0 bridgehead atoms. The molecule has 0 aliphatic carbocycles. The maximum atomic E-state index is 9.75. The standard InChI is InChI=1S/C10H20O5S/c1-10(2,3)16-9-8(14)7(13)6(12)5(4-11)15-9/h5-9,11-14H,4H2,1-3H3. The lowest BCUT2D eigenvalue weighted by molar-refractivity contribution is -0.205. The van der Waals surface area contributed by atoms with Crippen molar-refractivity contribution in [2.75, 3.05) is 6.61 Å². The minimum Gasteiger partial charge on any atom is -0.394 e. The first-order chi connectivity index (χ1) is 7.26. The van der Waals surface area contributed by atoms with Gasteiger partial charge in [0.25, 0.3) is 0 Å². The van der Waals surface area contributed by atoms with Crippen molar-refractivity contribution in [3.8, 4) is 0 Å². The van der Waals surface area contributed by atoms with Crippen LogP contribution in [-0.2, 0) is 4.74 Å². The van der Waals surface area contributed by atoms with Gasteiger partial charge in [0, 0.05) is 4.75 Å². The second-order valence-corrected chi connectivity index (χ2v) is 6.85. The first-order valence-electron chi connectivity index (χ1n) is 5.24. The molecule has 5 unspecified atom stereocenters. The predicted molar refractivity (Wildman–Crippen MR) is 61.1 cm³/mol. The normalized spacial score (nSPS) is 41.1. The van der Waals surface area contributed by atoms with Crippen LogP contribution in [0.5, 0.6) is 0 Å². The molecule has 1 saturated heterocycles. The molecule has 0 aromatic heterocycles. The molecule has 1 heterocycles. The van der Waals surface area contributed by atoms with Crippen LogP contribution in [0.3, 0.4) is 0 Å². The predicted octanol–water partition coefficient (Wildman–Crippen LogP) is -0.682. The third-order valence-corrected chi connectivity index (χ3v) is 3.65. The molecule has 1 aliphatic rings. The molecule has 0 radical (unpaired) electrons. The van der Waals surface area contributed by atoms with Crippen molar-refractivity contribution in [1.29, 1.82) is 0 Å². The highest BCUT2D eigenvalue weighted by Crippen LogP contribution is 2.35. The molecular formula is C10H20O5S. The third kappa shape index (κ3) is 3.32. The zero-order valence-electron chi connectivity index (χ0n) is 9.70. The second kappa shape index (κ2) is 5.20. The monoisotopic (exact) mass is 252 g/mol. The molecule has 6 heteroatoms. The van der Waals surface area contributed by atoms with Crippen molar-refractivity contribution in [3.63, 3.8) is 0 Å². The zero-order chi connectivity index (χ0) is 12.5. The van der Waals surface area contributed by atoms with E-state index in [4.69, 9.17) is 9.84 Å². The van der Waals surface area contributed by atoms with Gasteiger partial charge in [-0.25, -0.2) is 0 Å². The fraction of sp³-hybridized carbons (Fsp3) is 1.00. The van der Waals surface area contributed by atoms with Gasteiger partial charge in [0.1, 0.15) is 29.9 Å². The van der Waals surface area contributed by atoms with Gasteiger partial charge in [-0.2, -0.15) is 0 Å². The van der Waals surface area contributed by atoms with E-state index >= 15 is 0 Å². The number of aliphatic hydroxyl groups excluding tert-OH is 4. The van der Waals surface area contributed by atoms with E-state index in [1.165, 1.54) is 11.8 Å². The van der Waals surface area contributed by atoms with Gasteiger partial charge in [-0.3, -0.25) is 0 Å². The van der Waals surface area contributed by atoms with E-state index in [1.807, 2.05) is 20.8 Å². The van der Waals surface area contributed by atoms with Crippen LogP contribution in [0.25, 0.3) is 0 Å². The molecule has 16 heavy (non-hydrogen) atoms. The molecule has 0 aromatic carbocycles. The lowest BCUT2D eigenvalue weighted by Crippen LogP contribution is -2.58. The van der Waals surface area contributed by atoms with E-state index in [0.717, 1.165) is 0 Å². The van der Waals surface area contributed by atoms with Crippen LogP contribution in [0.15, 0.2) is 0 Å². The molecule has 0 spiro atoms. The minimum atomic E-state index is -1.29. The Bertz CT molecular complexity index is 228. The van der Waals surface area contributed by atoms with E-state index in [1.54, 1.807) is 0 Å². The lowest BCUT2D eigenvalue weighted by atomic mass is 10.0. The van der Waals surface area contributed by atoms with Gasteiger partial charge in [-0.1, -0.05) is 20.8 Å². The van der Waals surface area contributed by atoms with Crippen molar-refractivity contribution in [3.05, 3.63) is 0 Å². The van der Waals surface area contributed by atoms with E-state index < -0.39 is 29.9 Å². The highest BCUT2D eigenvalue weighted by atomic mass is 32.2. The summed E-state index contributed by atoms with van der Waals surface area (Å²) in [6.45, 7) is 5.49. The summed E-state index contributed by atoms with van der Waals surface area (Å²) in [7, 11) is 0. The molecule has 5 atom stereocenters. The summed E-state index contributed by atoms with van der Waals surface area (Å²) >= 11 is 1.36. The maximum Gasteiger partial charge on any atom is 0.132 e. The summed E-state index contributed by atoms with van der Waals surface area (Å²) in [6, 6.07) is 0. The van der Waals surface area contributed by atoms with E-state index in [0.29, 0.717) is 0 Å². The van der Waals surface area contributed by atoms with E-state index in [-0.39, 0.29) is 11.4 Å². The van der Waals surface area contributed by atoms with E-state index in [2.05, 4.69) is 0 Å². The zero-order valence-corrected chi connectivity index (χ0v) is 10.5. The van der Waals surface area contributed by atoms with Crippen molar-refractivity contribution in [1.82, 2.24) is 0 Å². The number of rotatable bonds is 2. The van der Waals surface area contributed by atoms with Crippen LogP contribution in [0.1, 0.15) is 20.8 Å². The maximum absolute atomic E-state index is 9.75. The number of aliphatic hydroxyl groups is 4. The molecule has 4 N–H and O–H groups in total. The molecule has 1 rings (SSSR count). The number of thioether (sulfide) groups is 1. The van der Waals surface area contributed by atoms with Crippen LogP contribution in [0.4, 0.5) is 0 Å². The molecule has 0 saturated carbocycles. The minimum absolute atomic E-state index is 0.145. The SMILES string of the molecule is CC(C)(C)SC1OC(CO)C(O)C(O)C1O. The summed E-state index contributed by atoms with van der Waals surface area (Å²) in [6.07, 6.45) is -4.54. The largest absolute Gasteiger partial charge is 0.394 e. The summed E-state index contributed by atoms with van der Waals surface area (Å²) in [5.74, 6) is 0. The van der Waals surface area contributed by atoms with Crippen molar-refractivity contribution >= 4 is 11.8 Å². The van der Waals surface area contributed by atoms with Crippen molar-refractivity contribution in [2.45, 2.75) is 55.4 Å². The Hall–Kier alpha value is 0.150. The Morgan fingerprint density at radius 2 is 1.62 bits per heavy atom. The van der Waals surface area contributed by atoms with Crippen molar-refractivity contribution < 1.29 is 25.2 Å². The van der Waals surface area contributed by atoms with Crippen LogP contribution in [0.2, 0.25) is 0 Å².